The van der Waals surface area contributed by atoms with Crippen molar-refractivity contribution in [2.24, 2.45) is 0 Å². The number of alkyl halides is 3. The van der Waals surface area contributed by atoms with Gasteiger partial charge in [0.2, 0.25) is 5.88 Å². The fourth-order valence-corrected chi connectivity index (χ4v) is 0.914. The molecule has 1 aromatic heterocycles. The van der Waals surface area contributed by atoms with Gasteiger partial charge in [0, 0.05) is 16.7 Å². The molecule has 0 amide bonds. The van der Waals surface area contributed by atoms with Gasteiger partial charge >= 0.3 is 6.18 Å². The van der Waals surface area contributed by atoms with Gasteiger partial charge in [-0.2, -0.15) is 13.2 Å². The third-order valence-corrected chi connectivity index (χ3v) is 1.93. The number of pyridine rings is 1. The van der Waals surface area contributed by atoms with Gasteiger partial charge in [-0.25, -0.2) is 4.98 Å². The number of nitrogens with zero attached hydrogens (tertiary/aromatic N) is 1. The van der Waals surface area contributed by atoms with Gasteiger partial charge in [-0.05, 0) is 28.9 Å². The largest absolute Gasteiger partial charge is 0.465 e. The third kappa shape index (κ3) is 3.17. The number of ether oxygens (including phenoxy) is 1. The Morgan fingerprint density at radius 3 is 2.50 bits per heavy atom. The first-order valence-electron chi connectivity index (χ1n) is 3.74. The Kier molecular flexibility index (Phi) is 3.36. The summed E-state index contributed by atoms with van der Waals surface area (Å²) in [6.07, 6.45) is -4.84. The van der Waals surface area contributed by atoms with Gasteiger partial charge in [-0.1, -0.05) is 0 Å². The van der Waals surface area contributed by atoms with Crippen molar-refractivity contribution in [3.8, 4) is 5.88 Å². The zero-order valence-electron chi connectivity index (χ0n) is 7.18. The highest BCUT2D eigenvalue weighted by Gasteiger charge is 2.38. The Balaban J connectivity index is 2.65. The van der Waals surface area contributed by atoms with E-state index < -0.39 is 12.3 Å². The molecule has 0 saturated heterocycles. The van der Waals surface area contributed by atoms with Gasteiger partial charge < -0.3 is 4.74 Å². The zero-order chi connectivity index (χ0) is 10.8. The van der Waals surface area contributed by atoms with E-state index in [2.05, 4.69) is 25.7 Å². The number of rotatable bonds is 2. The highest BCUT2D eigenvalue weighted by molar-refractivity contribution is 9.10. The topological polar surface area (TPSA) is 22.1 Å². The second-order valence-corrected chi connectivity index (χ2v) is 3.53. The Morgan fingerprint density at radius 1 is 1.43 bits per heavy atom. The molecule has 1 atom stereocenters. The average molecular weight is 270 g/mol. The van der Waals surface area contributed by atoms with Gasteiger partial charge in [0.15, 0.2) is 6.10 Å². The Morgan fingerprint density at radius 2 is 2.07 bits per heavy atom. The van der Waals surface area contributed by atoms with Crippen LogP contribution >= 0.6 is 15.9 Å². The van der Waals surface area contributed by atoms with Crippen molar-refractivity contribution in [2.75, 3.05) is 0 Å². The van der Waals surface area contributed by atoms with E-state index in [0.717, 1.165) is 6.92 Å². The summed E-state index contributed by atoms with van der Waals surface area (Å²) >= 11 is 3.11. The van der Waals surface area contributed by atoms with Gasteiger partial charge in [-0.3, -0.25) is 0 Å². The summed E-state index contributed by atoms with van der Waals surface area (Å²) in [5, 5.41) is 0. The lowest BCUT2D eigenvalue weighted by Gasteiger charge is -2.16. The van der Waals surface area contributed by atoms with Crippen molar-refractivity contribution >= 4 is 15.9 Å². The average Bonchev–Trinajstić information content (AvgIpc) is 2.07. The fraction of sp³-hybridized carbons (Fsp3) is 0.375. The summed E-state index contributed by atoms with van der Waals surface area (Å²) in [6.45, 7) is 0.934. The monoisotopic (exact) mass is 269 g/mol. The first-order valence-corrected chi connectivity index (χ1v) is 4.54. The normalized spacial score (nSPS) is 13.8. The Hall–Kier alpha value is -0.780. The maximum atomic E-state index is 12.1. The van der Waals surface area contributed by atoms with E-state index in [1.54, 1.807) is 6.07 Å². The van der Waals surface area contributed by atoms with Crippen molar-refractivity contribution < 1.29 is 17.9 Å². The van der Waals surface area contributed by atoms with Gasteiger partial charge in [-0.15, -0.1) is 0 Å². The summed E-state index contributed by atoms with van der Waals surface area (Å²) in [5.41, 5.74) is 0. The van der Waals surface area contributed by atoms with Crippen LogP contribution in [0.2, 0.25) is 0 Å². The summed E-state index contributed by atoms with van der Waals surface area (Å²) in [5.74, 6) is -0.0435. The quantitative estimate of drug-likeness (QED) is 0.823. The zero-order valence-corrected chi connectivity index (χ0v) is 8.76. The summed E-state index contributed by atoms with van der Waals surface area (Å²) in [7, 11) is 0. The van der Waals surface area contributed by atoms with Gasteiger partial charge in [0.05, 0.1) is 0 Å². The molecular weight excluding hydrogens is 263 g/mol. The maximum absolute atomic E-state index is 12.1. The molecule has 1 aromatic rings. The van der Waals surface area contributed by atoms with E-state index in [0.29, 0.717) is 4.47 Å². The smallest absolute Gasteiger partial charge is 0.425 e. The third-order valence-electron chi connectivity index (χ3n) is 1.46. The Labute approximate surface area is 87.2 Å². The molecule has 1 heterocycles. The number of hydrogen-bond acceptors (Lipinski definition) is 2. The van der Waals surface area contributed by atoms with Crippen molar-refractivity contribution in [3.63, 3.8) is 0 Å². The first kappa shape index (κ1) is 11.3. The van der Waals surface area contributed by atoms with Crippen LogP contribution in [0.15, 0.2) is 22.8 Å². The number of aromatic nitrogens is 1. The van der Waals surface area contributed by atoms with E-state index in [1.165, 1.54) is 12.3 Å². The van der Waals surface area contributed by atoms with E-state index in [1.807, 2.05) is 0 Å². The lowest BCUT2D eigenvalue weighted by Crippen LogP contribution is -2.31. The standard InChI is InChI=1S/C8H7BrF3NO/c1-5(8(10,11)12)14-7-3-2-6(9)4-13-7/h2-5H,1H3/t5-/m0/s1. The molecule has 0 aromatic carbocycles. The van der Waals surface area contributed by atoms with Crippen molar-refractivity contribution in [1.29, 1.82) is 0 Å². The van der Waals surface area contributed by atoms with Gasteiger partial charge in [0.1, 0.15) is 0 Å². The van der Waals surface area contributed by atoms with Crippen LogP contribution in [0.1, 0.15) is 6.92 Å². The van der Waals surface area contributed by atoms with Crippen LogP contribution < -0.4 is 4.74 Å². The van der Waals surface area contributed by atoms with E-state index in [-0.39, 0.29) is 5.88 Å². The SMILES string of the molecule is C[C@H](Oc1ccc(Br)cn1)C(F)(F)F. The molecule has 0 bridgehead atoms. The van der Waals surface area contributed by atoms with Crippen molar-refractivity contribution in [1.82, 2.24) is 4.98 Å². The molecule has 0 spiro atoms. The lowest BCUT2D eigenvalue weighted by molar-refractivity contribution is -0.189. The molecule has 1 rings (SSSR count). The van der Waals surface area contributed by atoms with Crippen LogP contribution in [0.3, 0.4) is 0 Å². The number of halogens is 4. The van der Waals surface area contributed by atoms with Crippen LogP contribution in [0, 0.1) is 0 Å². The molecule has 0 aliphatic rings. The molecule has 0 aliphatic heterocycles. The summed E-state index contributed by atoms with van der Waals surface area (Å²) in [6, 6.07) is 2.93. The lowest BCUT2D eigenvalue weighted by atomic mass is 10.4. The predicted molar refractivity (Wildman–Crippen MR) is 48.1 cm³/mol. The molecule has 6 heteroatoms. The molecule has 0 aliphatic carbocycles. The van der Waals surface area contributed by atoms with Gasteiger partial charge in [0.25, 0.3) is 0 Å². The van der Waals surface area contributed by atoms with E-state index in [9.17, 15) is 13.2 Å². The highest BCUT2D eigenvalue weighted by atomic mass is 79.9. The second kappa shape index (κ2) is 4.16. The maximum Gasteiger partial charge on any atom is 0.425 e. The predicted octanol–water partition coefficient (Wildman–Crippen LogP) is 3.17. The van der Waals surface area contributed by atoms with Crippen molar-refractivity contribution in [2.45, 2.75) is 19.2 Å². The highest BCUT2D eigenvalue weighted by Crippen LogP contribution is 2.24. The summed E-state index contributed by atoms with van der Waals surface area (Å²) in [4.78, 5) is 3.66. The molecule has 0 fully saturated rings. The molecule has 0 N–H and O–H groups in total. The Bertz CT molecular complexity index is 298. The first-order chi connectivity index (χ1) is 6.39. The molecule has 14 heavy (non-hydrogen) atoms. The fourth-order valence-electron chi connectivity index (χ4n) is 0.680. The molecular formula is C8H7BrF3NO. The van der Waals surface area contributed by atoms with E-state index >= 15 is 0 Å². The van der Waals surface area contributed by atoms with Crippen LogP contribution in [-0.2, 0) is 0 Å². The van der Waals surface area contributed by atoms with Crippen LogP contribution in [0.25, 0.3) is 0 Å². The summed E-state index contributed by atoms with van der Waals surface area (Å²) < 4.78 is 41.4. The molecule has 0 radical (unpaired) electrons. The molecule has 78 valence electrons. The minimum absolute atomic E-state index is 0.0435. The minimum Gasteiger partial charge on any atom is -0.465 e. The number of hydrogen-bond donors (Lipinski definition) is 0. The van der Waals surface area contributed by atoms with Crippen LogP contribution in [0.5, 0.6) is 5.88 Å². The molecule has 2 nitrogen and oxygen atoms in total. The van der Waals surface area contributed by atoms with Crippen LogP contribution in [0.4, 0.5) is 13.2 Å². The molecule has 0 unspecified atom stereocenters. The van der Waals surface area contributed by atoms with Crippen molar-refractivity contribution in [3.05, 3.63) is 22.8 Å². The molecule has 0 saturated carbocycles. The minimum atomic E-state index is -4.37. The van der Waals surface area contributed by atoms with Crippen LogP contribution in [-0.4, -0.2) is 17.3 Å². The second-order valence-electron chi connectivity index (χ2n) is 2.62. The van der Waals surface area contributed by atoms with E-state index in [4.69, 9.17) is 0 Å².